The molecule has 0 saturated carbocycles. The molecule has 0 aliphatic carbocycles. The normalized spacial score (nSPS) is 10.5. The predicted octanol–water partition coefficient (Wildman–Crippen LogP) is 1.77. The van der Waals surface area contributed by atoms with Gasteiger partial charge in [-0.15, -0.1) is 0 Å². The maximum Gasteiger partial charge on any atom is 0.267 e. The largest absolute Gasteiger partial charge is 0.496 e. The molecule has 1 rings (SSSR count). The molecular formula is C10H11F2NO2. The van der Waals surface area contributed by atoms with Gasteiger partial charge in [-0.3, -0.25) is 4.79 Å². The number of halogens is 2. The van der Waals surface area contributed by atoms with E-state index in [9.17, 15) is 13.6 Å². The van der Waals surface area contributed by atoms with Crippen molar-refractivity contribution in [1.82, 2.24) is 0 Å². The molecule has 0 bridgehead atoms. The van der Waals surface area contributed by atoms with Crippen molar-refractivity contribution >= 4 is 5.78 Å². The average Bonchev–Trinajstić information content (AvgIpc) is 2.27. The Morgan fingerprint density at radius 2 is 2.20 bits per heavy atom. The first-order chi connectivity index (χ1) is 7.10. The molecule has 0 aliphatic rings. The van der Waals surface area contributed by atoms with E-state index in [1.807, 2.05) is 0 Å². The van der Waals surface area contributed by atoms with Gasteiger partial charge < -0.3 is 10.5 Å². The highest BCUT2D eigenvalue weighted by Gasteiger charge is 2.16. The minimum absolute atomic E-state index is 0.0681. The fourth-order valence-electron chi connectivity index (χ4n) is 1.20. The number of ether oxygens (including phenoxy) is 1. The molecule has 0 fully saturated rings. The van der Waals surface area contributed by atoms with Crippen LogP contribution in [0, 0.1) is 0 Å². The first kappa shape index (κ1) is 11.6. The van der Waals surface area contributed by atoms with E-state index in [4.69, 9.17) is 10.5 Å². The van der Waals surface area contributed by atoms with Crippen LogP contribution in [-0.4, -0.2) is 19.4 Å². The molecule has 1 aromatic rings. The first-order valence-electron chi connectivity index (χ1n) is 4.29. The van der Waals surface area contributed by atoms with Gasteiger partial charge >= 0.3 is 0 Å². The SMILES string of the molecule is COc1ccc(C(=O)CN)cc1C(F)F. The summed E-state index contributed by atoms with van der Waals surface area (Å²) in [7, 11) is 1.30. The van der Waals surface area contributed by atoms with E-state index in [-0.39, 0.29) is 29.2 Å². The Kier molecular flexibility index (Phi) is 3.74. The third-order valence-corrected chi connectivity index (χ3v) is 1.97. The zero-order chi connectivity index (χ0) is 11.4. The molecule has 1 aromatic carbocycles. The van der Waals surface area contributed by atoms with Crippen LogP contribution in [-0.2, 0) is 0 Å². The van der Waals surface area contributed by atoms with Gasteiger partial charge in [-0.25, -0.2) is 8.78 Å². The van der Waals surface area contributed by atoms with Gasteiger partial charge in [0.2, 0.25) is 0 Å². The van der Waals surface area contributed by atoms with Crippen LogP contribution in [0.1, 0.15) is 22.3 Å². The second kappa shape index (κ2) is 4.84. The van der Waals surface area contributed by atoms with Gasteiger partial charge in [-0.05, 0) is 18.2 Å². The quantitative estimate of drug-likeness (QED) is 0.779. The summed E-state index contributed by atoms with van der Waals surface area (Å²) in [5, 5.41) is 0. The Morgan fingerprint density at radius 3 is 2.67 bits per heavy atom. The van der Waals surface area contributed by atoms with Crippen LogP contribution < -0.4 is 10.5 Å². The van der Waals surface area contributed by atoms with Crippen molar-refractivity contribution in [3.63, 3.8) is 0 Å². The third kappa shape index (κ3) is 2.50. The zero-order valence-electron chi connectivity index (χ0n) is 8.17. The minimum atomic E-state index is -2.68. The van der Waals surface area contributed by atoms with Crippen molar-refractivity contribution in [2.24, 2.45) is 5.73 Å². The molecule has 0 heterocycles. The highest BCUT2D eigenvalue weighted by atomic mass is 19.3. The maximum absolute atomic E-state index is 12.5. The number of nitrogens with two attached hydrogens (primary N) is 1. The Morgan fingerprint density at radius 1 is 1.53 bits per heavy atom. The van der Waals surface area contributed by atoms with E-state index in [1.54, 1.807) is 0 Å². The number of carbonyl (C=O) groups is 1. The van der Waals surface area contributed by atoms with Crippen LogP contribution >= 0.6 is 0 Å². The number of ketones is 1. The molecule has 15 heavy (non-hydrogen) atoms. The van der Waals surface area contributed by atoms with E-state index in [2.05, 4.69) is 0 Å². The first-order valence-corrected chi connectivity index (χ1v) is 4.29. The molecule has 0 atom stereocenters. The second-order valence-electron chi connectivity index (χ2n) is 2.88. The van der Waals surface area contributed by atoms with Crippen LogP contribution in [0.4, 0.5) is 8.78 Å². The van der Waals surface area contributed by atoms with Gasteiger partial charge in [0.1, 0.15) is 5.75 Å². The number of alkyl halides is 2. The molecule has 0 unspecified atom stereocenters. The molecule has 0 radical (unpaired) electrons. The lowest BCUT2D eigenvalue weighted by Crippen LogP contribution is -2.13. The van der Waals surface area contributed by atoms with Crippen LogP contribution in [0.2, 0.25) is 0 Å². The summed E-state index contributed by atoms with van der Waals surface area (Å²) >= 11 is 0. The summed E-state index contributed by atoms with van der Waals surface area (Å²) < 4.78 is 29.8. The fourth-order valence-corrected chi connectivity index (χ4v) is 1.20. The standard InChI is InChI=1S/C10H11F2NO2/c1-15-9-3-2-6(8(14)5-13)4-7(9)10(11)12/h2-4,10H,5,13H2,1H3. The summed E-state index contributed by atoms with van der Waals surface area (Å²) in [6.07, 6.45) is -2.68. The van der Waals surface area contributed by atoms with Crippen LogP contribution in [0.25, 0.3) is 0 Å². The molecule has 0 aromatic heterocycles. The lowest BCUT2D eigenvalue weighted by atomic mass is 10.1. The Balaban J connectivity index is 3.16. The topological polar surface area (TPSA) is 52.3 Å². The van der Waals surface area contributed by atoms with Crippen LogP contribution in [0.5, 0.6) is 5.75 Å². The summed E-state index contributed by atoms with van der Waals surface area (Å²) in [4.78, 5) is 11.2. The molecule has 0 saturated heterocycles. The smallest absolute Gasteiger partial charge is 0.267 e. The highest BCUT2D eigenvalue weighted by molar-refractivity contribution is 5.97. The Labute approximate surface area is 85.8 Å². The fraction of sp³-hybridized carbons (Fsp3) is 0.300. The van der Waals surface area contributed by atoms with Crippen molar-refractivity contribution in [1.29, 1.82) is 0 Å². The van der Waals surface area contributed by atoms with Gasteiger partial charge in [0.25, 0.3) is 6.43 Å². The predicted molar refractivity (Wildman–Crippen MR) is 51.3 cm³/mol. The van der Waals surface area contributed by atoms with Gasteiger partial charge in [-0.1, -0.05) is 0 Å². The van der Waals surface area contributed by atoms with Crippen LogP contribution in [0.15, 0.2) is 18.2 Å². The zero-order valence-corrected chi connectivity index (χ0v) is 8.17. The van der Waals surface area contributed by atoms with Crippen molar-refractivity contribution in [2.45, 2.75) is 6.43 Å². The van der Waals surface area contributed by atoms with E-state index < -0.39 is 6.43 Å². The van der Waals surface area contributed by atoms with Crippen molar-refractivity contribution < 1.29 is 18.3 Å². The third-order valence-electron chi connectivity index (χ3n) is 1.97. The summed E-state index contributed by atoms with van der Waals surface area (Å²) in [6, 6.07) is 3.86. The van der Waals surface area contributed by atoms with E-state index in [0.29, 0.717) is 0 Å². The van der Waals surface area contributed by atoms with Crippen molar-refractivity contribution in [2.75, 3.05) is 13.7 Å². The number of hydrogen-bond donors (Lipinski definition) is 1. The molecule has 0 aliphatic heterocycles. The molecule has 5 heteroatoms. The Bertz CT molecular complexity index is 366. The van der Waals surface area contributed by atoms with E-state index in [1.165, 1.54) is 19.2 Å². The number of Topliss-reactive ketones (excluding diaryl/α,β-unsaturated/α-hetero) is 1. The van der Waals surface area contributed by atoms with Crippen LogP contribution in [0.3, 0.4) is 0 Å². The second-order valence-corrected chi connectivity index (χ2v) is 2.88. The summed E-state index contributed by atoms with van der Waals surface area (Å²) in [5.41, 5.74) is 5.01. The average molecular weight is 215 g/mol. The van der Waals surface area contributed by atoms with Crippen molar-refractivity contribution in [3.05, 3.63) is 29.3 Å². The lowest BCUT2D eigenvalue weighted by Gasteiger charge is -2.08. The number of rotatable bonds is 4. The molecule has 2 N–H and O–H groups in total. The van der Waals surface area contributed by atoms with Gasteiger partial charge in [-0.2, -0.15) is 0 Å². The number of methoxy groups -OCH3 is 1. The van der Waals surface area contributed by atoms with E-state index >= 15 is 0 Å². The number of hydrogen-bond acceptors (Lipinski definition) is 3. The van der Waals surface area contributed by atoms with Crippen molar-refractivity contribution in [3.8, 4) is 5.75 Å². The minimum Gasteiger partial charge on any atom is -0.496 e. The number of carbonyl (C=O) groups excluding carboxylic acids is 1. The summed E-state index contributed by atoms with van der Waals surface area (Å²) in [5.74, 6) is -0.307. The molecule has 0 spiro atoms. The molecule has 82 valence electrons. The maximum atomic E-state index is 12.5. The van der Waals surface area contributed by atoms with Gasteiger partial charge in [0, 0.05) is 5.56 Å². The Hall–Kier alpha value is -1.49. The molecule has 0 amide bonds. The highest BCUT2D eigenvalue weighted by Crippen LogP contribution is 2.29. The van der Waals surface area contributed by atoms with Gasteiger partial charge in [0.15, 0.2) is 5.78 Å². The monoisotopic (exact) mass is 215 g/mol. The lowest BCUT2D eigenvalue weighted by molar-refractivity contribution is 0.100. The summed E-state index contributed by atoms with van der Waals surface area (Å²) in [6.45, 7) is -0.199. The van der Waals surface area contributed by atoms with Gasteiger partial charge in [0.05, 0.1) is 19.2 Å². The molecule has 3 nitrogen and oxygen atoms in total. The van der Waals surface area contributed by atoms with E-state index in [0.717, 1.165) is 6.07 Å². The molecular weight excluding hydrogens is 204 g/mol. The number of benzene rings is 1.